The number of nitrogens with one attached hydrogen (secondary N) is 2. The zero-order valence-electron chi connectivity index (χ0n) is 17.1. The normalized spacial score (nSPS) is 15.3. The molecule has 3 rings (SSSR count). The summed E-state index contributed by atoms with van der Waals surface area (Å²) in [6.07, 6.45) is 0.870. The molecule has 1 aliphatic heterocycles. The SMILES string of the molecule is CCNC(=NCC(=O)N1CCc2ccccc21)NCC(C)(O)c1ccc(C)o1.I. The fraction of sp³-hybridized carbons (Fsp3) is 0.429. The van der Waals surface area contributed by atoms with Gasteiger partial charge in [-0.25, -0.2) is 4.99 Å². The van der Waals surface area contributed by atoms with Gasteiger partial charge in [-0.05, 0) is 51.0 Å². The second-order valence-electron chi connectivity index (χ2n) is 7.16. The van der Waals surface area contributed by atoms with E-state index in [2.05, 4.69) is 21.7 Å². The molecule has 0 saturated heterocycles. The number of furan rings is 1. The van der Waals surface area contributed by atoms with Crippen molar-refractivity contribution in [1.29, 1.82) is 0 Å². The van der Waals surface area contributed by atoms with Crippen molar-refractivity contribution >= 4 is 41.5 Å². The van der Waals surface area contributed by atoms with Crippen LogP contribution >= 0.6 is 24.0 Å². The molecule has 2 heterocycles. The summed E-state index contributed by atoms with van der Waals surface area (Å²) in [5.41, 5.74) is 0.967. The molecular formula is C21H29IN4O3. The lowest BCUT2D eigenvalue weighted by Gasteiger charge is -2.23. The Labute approximate surface area is 188 Å². The van der Waals surface area contributed by atoms with E-state index in [1.165, 1.54) is 5.56 Å². The first kappa shape index (κ1) is 23.2. The van der Waals surface area contributed by atoms with Crippen molar-refractivity contribution in [3.8, 4) is 0 Å². The average Bonchev–Trinajstić information content (AvgIpc) is 3.30. The van der Waals surface area contributed by atoms with Gasteiger partial charge in [0.25, 0.3) is 0 Å². The third kappa shape index (κ3) is 5.72. The van der Waals surface area contributed by atoms with Crippen LogP contribution in [0.4, 0.5) is 5.69 Å². The van der Waals surface area contributed by atoms with Gasteiger partial charge >= 0.3 is 0 Å². The second kappa shape index (κ2) is 10.1. The van der Waals surface area contributed by atoms with Crippen LogP contribution in [0.3, 0.4) is 0 Å². The molecule has 0 aliphatic carbocycles. The number of amides is 1. The van der Waals surface area contributed by atoms with Crippen molar-refractivity contribution in [1.82, 2.24) is 10.6 Å². The van der Waals surface area contributed by atoms with Crippen LogP contribution in [0.5, 0.6) is 0 Å². The number of rotatable bonds is 6. The number of aliphatic imine (C=N–C) groups is 1. The Morgan fingerprint density at radius 2 is 2.03 bits per heavy atom. The predicted octanol–water partition coefficient (Wildman–Crippen LogP) is 2.56. The number of benzene rings is 1. The highest BCUT2D eigenvalue weighted by Gasteiger charge is 2.27. The molecule has 1 amide bonds. The van der Waals surface area contributed by atoms with Crippen LogP contribution in [0, 0.1) is 6.92 Å². The van der Waals surface area contributed by atoms with Crippen LogP contribution in [-0.2, 0) is 16.8 Å². The number of aliphatic hydroxyl groups is 1. The number of guanidine groups is 1. The van der Waals surface area contributed by atoms with E-state index in [1.807, 2.05) is 38.1 Å². The van der Waals surface area contributed by atoms with Gasteiger partial charge in [-0.15, -0.1) is 24.0 Å². The van der Waals surface area contributed by atoms with Crippen molar-refractivity contribution in [2.75, 3.05) is 31.1 Å². The van der Waals surface area contributed by atoms with Gasteiger partial charge in [-0.2, -0.15) is 0 Å². The predicted molar refractivity (Wildman–Crippen MR) is 125 cm³/mol. The fourth-order valence-electron chi connectivity index (χ4n) is 3.24. The molecule has 1 aliphatic rings. The van der Waals surface area contributed by atoms with E-state index < -0.39 is 5.60 Å². The zero-order chi connectivity index (χ0) is 20.1. The van der Waals surface area contributed by atoms with Crippen molar-refractivity contribution in [3.05, 3.63) is 53.5 Å². The number of aryl methyl sites for hydroxylation is 1. The molecule has 0 saturated carbocycles. The van der Waals surface area contributed by atoms with Crippen molar-refractivity contribution in [3.63, 3.8) is 0 Å². The number of fused-ring (bicyclic) bond motifs is 1. The van der Waals surface area contributed by atoms with Gasteiger partial charge in [0.2, 0.25) is 5.91 Å². The lowest BCUT2D eigenvalue weighted by atomic mass is 10.0. The maximum absolute atomic E-state index is 12.6. The van der Waals surface area contributed by atoms with Gasteiger partial charge in [0.15, 0.2) is 5.96 Å². The second-order valence-corrected chi connectivity index (χ2v) is 7.16. The highest BCUT2D eigenvalue weighted by atomic mass is 127. The van der Waals surface area contributed by atoms with Crippen LogP contribution in [0.15, 0.2) is 45.8 Å². The molecule has 1 unspecified atom stereocenters. The standard InChI is InChI=1S/C21H28N4O3.HI/c1-4-22-20(24-14-21(3,27)18-10-9-15(2)28-18)23-13-19(26)25-12-11-16-7-5-6-8-17(16)25;/h5-10,27H,4,11-14H2,1-3H3,(H2,22,23,24);1H. The summed E-state index contributed by atoms with van der Waals surface area (Å²) in [7, 11) is 0. The summed E-state index contributed by atoms with van der Waals surface area (Å²) in [5.74, 6) is 1.66. The maximum atomic E-state index is 12.6. The fourth-order valence-corrected chi connectivity index (χ4v) is 3.24. The molecule has 3 N–H and O–H groups in total. The highest BCUT2D eigenvalue weighted by molar-refractivity contribution is 14.0. The summed E-state index contributed by atoms with van der Waals surface area (Å²) >= 11 is 0. The summed E-state index contributed by atoms with van der Waals surface area (Å²) in [6, 6.07) is 11.5. The van der Waals surface area contributed by atoms with Gasteiger partial charge in [0.05, 0.1) is 6.54 Å². The van der Waals surface area contributed by atoms with E-state index in [0.717, 1.165) is 17.9 Å². The molecular weight excluding hydrogens is 483 g/mol. The molecule has 0 radical (unpaired) electrons. The third-order valence-electron chi connectivity index (χ3n) is 4.78. The molecule has 29 heavy (non-hydrogen) atoms. The van der Waals surface area contributed by atoms with Crippen molar-refractivity contribution < 1.29 is 14.3 Å². The van der Waals surface area contributed by atoms with Crippen LogP contribution < -0.4 is 15.5 Å². The van der Waals surface area contributed by atoms with Crippen LogP contribution in [0.1, 0.15) is 30.9 Å². The summed E-state index contributed by atoms with van der Waals surface area (Å²) in [4.78, 5) is 18.8. The van der Waals surface area contributed by atoms with Gasteiger partial charge < -0.3 is 25.1 Å². The van der Waals surface area contributed by atoms with Crippen LogP contribution in [0.25, 0.3) is 0 Å². The molecule has 1 aromatic heterocycles. The topological polar surface area (TPSA) is 90.1 Å². The van der Waals surface area contributed by atoms with E-state index in [4.69, 9.17) is 4.42 Å². The summed E-state index contributed by atoms with van der Waals surface area (Å²) in [5, 5.41) is 16.9. The van der Waals surface area contributed by atoms with Gasteiger partial charge in [0, 0.05) is 18.8 Å². The smallest absolute Gasteiger partial charge is 0.248 e. The first-order valence-corrected chi connectivity index (χ1v) is 9.60. The highest BCUT2D eigenvalue weighted by Crippen LogP contribution is 2.27. The molecule has 0 fully saturated rings. The minimum atomic E-state index is -1.19. The van der Waals surface area contributed by atoms with E-state index in [0.29, 0.717) is 24.8 Å². The van der Waals surface area contributed by atoms with Crippen molar-refractivity contribution in [2.45, 2.75) is 32.8 Å². The molecule has 1 atom stereocenters. The largest absolute Gasteiger partial charge is 0.463 e. The number of anilines is 1. The number of hydrogen-bond acceptors (Lipinski definition) is 4. The Bertz CT molecular complexity index is 863. The molecule has 158 valence electrons. The summed E-state index contributed by atoms with van der Waals surface area (Å²) in [6.45, 7) is 7.02. The first-order valence-electron chi connectivity index (χ1n) is 9.60. The van der Waals surface area contributed by atoms with Crippen LogP contribution in [-0.4, -0.2) is 43.2 Å². The lowest BCUT2D eigenvalue weighted by Crippen LogP contribution is -2.45. The number of nitrogens with zero attached hydrogens (tertiary/aromatic N) is 2. The van der Waals surface area contributed by atoms with E-state index in [-0.39, 0.29) is 43.0 Å². The Morgan fingerprint density at radius 1 is 1.28 bits per heavy atom. The van der Waals surface area contributed by atoms with E-state index in [9.17, 15) is 9.90 Å². The number of carbonyl (C=O) groups excluding carboxylic acids is 1. The minimum Gasteiger partial charge on any atom is -0.463 e. The molecule has 7 nitrogen and oxygen atoms in total. The van der Waals surface area contributed by atoms with Gasteiger partial charge in [-0.1, -0.05) is 18.2 Å². The number of hydrogen-bond donors (Lipinski definition) is 3. The number of carbonyl (C=O) groups is 1. The summed E-state index contributed by atoms with van der Waals surface area (Å²) < 4.78 is 5.53. The molecule has 8 heteroatoms. The third-order valence-corrected chi connectivity index (χ3v) is 4.78. The molecule has 2 aromatic rings. The van der Waals surface area contributed by atoms with Crippen molar-refractivity contribution in [2.24, 2.45) is 4.99 Å². The minimum absolute atomic E-state index is 0. The Morgan fingerprint density at radius 3 is 2.72 bits per heavy atom. The Balaban J connectivity index is 0.00000300. The average molecular weight is 512 g/mol. The quantitative estimate of drug-likeness (QED) is 0.315. The monoisotopic (exact) mass is 512 g/mol. The van der Waals surface area contributed by atoms with E-state index >= 15 is 0 Å². The van der Waals surface area contributed by atoms with Gasteiger partial charge in [0.1, 0.15) is 23.7 Å². The van der Waals surface area contributed by atoms with Gasteiger partial charge in [-0.3, -0.25) is 4.79 Å². The Hall–Kier alpha value is -2.07. The molecule has 0 spiro atoms. The maximum Gasteiger partial charge on any atom is 0.248 e. The number of para-hydroxylation sites is 1. The molecule has 1 aromatic carbocycles. The Kier molecular flexibility index (Phi) is 8.09. The lowest BCUT2D eigenvalue weighted by molar-refractivity contribution is -0.117. The van der Waals surface area contributed by atoms with Crippen LogP contribution in [0.2, 0.25) is 0 Å². The molecule has 0 bridgehead atoms. The number of halogens is 1. The first-order chi connectivity index (χ1) is 13.4. The zero-order valence-corrected chi connectivity index (χ0v) is 19.4. The van der Waals surface area contributed by atoms with E-state index in [1.54, 1.807) is 17.9 Å².